The van der Waals surface area contributed by atoms with E-state index in [4.69, 9.17) is 23.2 Å². The molecule has 0 aliphatic heterocycles. The van der Waals surface area contributed by atoms with Gasteiger partial charge in [0.1, 0.15) is 0 Å². The zero-order valence-corrected chi connectivity index (χ0v) is 14.7. The van der Waals surface area contributed by atoms with Crippen LogP contribution < -0.4 is 10.2 Å². The van der Waals surface area contributed by atoms with Crippen LogP contribution in [0, 0.1) is 0 Å². The molecule has 3 rings (SSSR count). The number of carboxylic acids is 2. The van der Waals surface area contributed by atoms with E-state index in [0.29, 0.717) is 11.1 Å². The molecule has 0 saturated carbocycles. The van der Waals surface area contributed by atoms with E-state index in [-0.39, 0.29) is 32.3 Å². The van der Waals surface area contributed by atoms with Gasteiger partial charge in [0.05, 0.1) is 11.9 Å². The first kappa shape index (κ1) is 18.0. The van der Waals surface area contributed by atoms with Gasteiger partial charge >= 0.3 is 0 Å². The molecule has 3 aromatic rings. The minimum Gasteiger partial charge on any atom is -0.545 e. The Bertz CT molecular complexity index is 946. The van der Waals surface area contributed by atoms with E-state index in [0.717, 1.165) is 0 Å². The van der Waals surface area contributed by atoms with E-state index in [1.54, 1.807) is 48.5 Å². The van der Waals surface area contributed by atoms with Gasteiger partial charge in [-0.15, -0.1) is 0 Å². The zero-order chi connectivity index (χ0) is 18.8. The lowest BCUT2D eigenvalue weighted by Gasteiger charge is -2.22. The second kappa shape index (κ2) is 7.20. The van der Waals surface area contributed by atoms with E-state index >= 15 is 0 Å². The average molecular weight is 385 g/mol. The summed E-state index contributed by atoms with van der Waals surface area (Å²) >= 11 is 12.5. The molecule has 0 unspecified atom stereocenters. The molecule has 0 saturated heterocycles. The topological polar surface area (TPSA) is 80.3 Å². The smallest absolute Gasteiger partial charge is 0.0721 e. The summed E-state index contributed by atoms with van der Waals surface area (Å²) in [5.74, 6) is -2.92. The summed E-state index contributed by atoms with van der Waals surface area (Å²) in [6.45, 7) is 0. The Hall–Kier alpha value is -2.82. The van der Waals surface area contributed by atoms with Crippen molar-refractivity contribution < 1.29 is 19.8 Å². The highest BCUT2D eigenvalue weighted by atomic mass is 35.5. The summed E-state index contributed by atoms with van der Waals surface area (Å²) in [5.41, 5.74) is 0.546. The third-order valence-electron chi connectivity index (χ3n) is 3.93. The Labute approximate surface area is 159 Å². The number of aromatic carboxylic acids is 2. The predicted molar refractivity (Wildman–Crippen MR) is 96.0 cm³/mol. The average Bonchev–Trinajstić information content (AvgIpc) is 2.61. The highest BCUT2D eigenvalue weighted by Gasteiger charge is 2.21. The van der Waals surface area contributed by atoms with E-state index < -0.39 is 11.9 Å². The molecule has 0 N–H and O–H groups in total. The van der Waals surface area contributed by atoms with Gasteiger partial charge in [0.15, 0.2) is 0 Å². The fourth-order valence-electron chi connectivity index (χ4n) is 2.83. The molecular weight excluding hydrogens is 375 g/mol. The highest BCUT2D eigenvalue weighted by molar-refractivity contribution is 6.35. The third kappa shape index (κ3) is 3.17. The van der Waals surface area contributed by atoms with Gasteiger partial charge in [-0.3, -0.25) is 0 Å². The summed E-state index contributed by atoms with van der Waals surface area (Å²) in [6.07, 6.45) is 0. The van der Waals surface area contributed by atoms with Crippen molar-refractivity contribution >= 4 is 35.1 Å². The fourth-order valence-corrected chi connectivity index (χ4v) is 3.29. The summed E-state index contributed by atoms with van der Waals surface area (Å²) in [6, 6.07) is 15.4. The van der Waals surface area contributed by atoms with E-state index in [1.807, 2.05) is 0 Å². The molecule has 3 aromatic carbocycles. The lowest BCUT2D eigenvalue weighted by molar-refractivity contribution is -0.256. The standard InChI is InChI=1S/C20H12Cl2O4/c21-15-7-3-1-5-11(15)17-13(19(23)24)9-10-14(20(25)26)18(17)12-6-2-4-8-16(12)22/h1-10H,(H,23,24)(H,25,26)/p-2. The molecule has 4 nitrogen and oxygen atoms in total. The fraction of sp³-hybridized carbons (Fsp3) is 0. The first-order valence-electron chi connectivity index (χ1n) is 7.51. The Balaban J connectivity index is 2.53. The van der Waals surface area contributed by atoms with E-state index in [9.17, 15) is 19.8 Å². The zero-order valence-electron chi connectivity index (χ0n) is 13.2. The van der Waals surface area contributed by atoms with Crippen molar-refractivity contribution in [3.8, 4) is 22.3 Å². The predicted octanol–water partition coefficient (Wildman–Crippen LogP) is 3.05. The Morgan fingerprint density at radius 1 is 0.615 bits per heavy atom. The summed E-state index contributed by atoms with van der Waals surface area (Å²) in [7, 11) is 0. The van der Waals surface area contributed by atoms with Crippen molar-refractivity contribution in [1.29, 1.82) is 0 Å². The molecule has 26 heavy (non-hydrogen) atoms. The van der Waals surface area contributed by atoms with Gasteiger partial charge < -0.3 is 19.8 Å². The second-order valence-corrected chi connectivity index (χ2v) is 6.26. The van der Waals surface area contributed by atoms with Crippen LogP contribution in [0.4, 0.5) is 0 Å². The van der Waals surface area contributed by atoms with Crippen LogP contribution in [0.25, 0.3) is 22.3 Å². The van der Waals surface area contributed by atoms with Crippen LogP contribution in [-0.2, 0) is 0 Å². The van der Waals surface area contributed by atoms with Gasteiger partial charge in [0.25, 0.3) is 0 Å². The molecule has 0 radical (unpaired) electrons. The van der Waals surface area contributed by atoms with Crippen molar-refractivity contribution in [2.75, 3.05) is 0 Å². The van der Waals surface area contributed by atoms with Crippen LogP contribution in [0.3, 0.4) is 0 Å². The number of hydrogen-bond acceptors (Lipinski definition) is 4. The summed E-state index contributed by atoms with van der Waals surface area (Å²) < 4.78 is 0. The van der Waals surface area contributed by atoms with Crippen molar-refractivity contribution in [3.05, 3.63) is 81.8 Å². The maximum atomic E-state index is 11.7. The van der Waals surface area contributed by atoms with Gasteiger partial charge in [0, 0.05) is 43.4 Å². The monoisotopic (exact) mass is 384 g/mol. The lowest BCUT2D eigenvalue weighted by Crippen LogP contribution is -2.26. The molecule has 0 fully saturated rings. The molecule has 0 bridgehead atoms. The van der Waals surface area contributed by atoms with Crippen LogP contribution in [0.1, 0.15) is 20.7 Å². The van der Waals surface area contributed by atoms with Crippen molar-refractivity contribution in [1.82, 2.24) is 0 Å². The van der Waals surface area contributed by atoms with Gasteiger partial charge in [0.2, 0.25) is 0 Å². The van der Waals surface area contributed by atoms with Gasteiger partial charge in [-0.2, -0.15) is 0 Å². The molecule has 0 spiro atoms. The largest absolute Gasteiger partial charge is 0.545 e. The molecule has 0 amide bonds. The summed E-state index contributed by atoms with van der Waals surface area (Å²) in [4.78, 5) is 23.4. The third-order valence-corrected chi connectivity index (χ3v) is 4.59. The number of rotatable bonds is 4. The van der Waals surface area contributed by atoms with Crippen LogP contribution in [-0.4, -0.2) is 11.9 Å². The first-order valence-corrected chi connectivity index (χ1v) is 8.27. The first-order chi connectivity index (χ1) is 12.4. The highest BCUT2D eigenvalue weighted by Crippen LogP contribution is 2.42. The molecule has 130 valence electrons. The minimum atomic E-state index is -1.46. The van der Waals surface area contributed by atoms with Gasteiger partial charge in [-0.05, 0) is 12.1 Å². The number of carbonyl (C=O) groups excluding carboxylic acids is 2. The number of carbonyl (C=O) groups is 2. The van der Waals surface area contributed by atoms with E-state index in [1.165, 1.54) is 12.1 Å². The number of carboxylic acid groups (broad SMARTS) is 2. The van der Waals surface area contributed by atoms with Crippen molar-refractivity contribution in [2.45, 2.75) is 0 Å². The van der Waals surface area contributed by atoms with Crippen molar-refractivity contribution in [3.63, 3.8) is 0 Å². The van der Waals surface area contributed by atoms with Gasteiger partial charge in [-0.25, -0.2) is 0 Å². The molecule has 0 aliphatic carbocycles. The second-order valence-electron chi connectivity index (χ2n) is 5.45. The van der Waals surface area contributed by atoms with Crippen LogP contribution in [0.15, 0.2) is 60.7 Å². The Morgan fingerprint density at radius 2 is 0.962 bits per heavy atom. The Morgan fingerprint density at radius 3 is 1.27 bits per heavy atom. The van der Waals surface area contributed by atoms with Crippen LogP contribution >= 0.6 is 23.2 Å². The summed E-state index contributed by atoms with van der Waals surface area (Å²) in [5, 5.41) is 23.9. The minimum absolute atomic E-state index is 0.116. The van der Waals surface area contributed by atoms with Crippen molar-refractivity contribution in [2.24, 2.45) is 0 Å². The number of halogens is 2. The number of benzene rings is 3. The normalized spacial score (nSPS) is 10.5. The quantitative estimate of drug-likeness (QED) is 0.692. The molecule has 6 heteroatoms. The molecule has 0 aliphatic rings. The van der Waals surface area contributed by atoms with Crippen LogP contribution in [0.2, 0.25) is 10.0 Å². The van der Waals surface area contributed by atoms with Crippen LogP contribution in [0.5, 0.6) is 0 Å². The van der Waals surface area contributed by atoms with Gasteiger partial charge in [-0.1, -0.05) is 71.7 Å². The molecule has 0 atom stereocenters. The molecular formula is C20H10Cl2O4-2. The molecule has 0 heterocycles. The number of hydrogen-bond donors (Lipinski definition) is 0. The SMILES string of the molecule is O=C([O-])c1ccc(C(=O)[O-])c(-c2ccccc2Cl)c1-c1ccccc1Cl. The lowest BCUT2D eigenvalue weighted by atomic mass is 9.87. The van der Waals surface area contributed by atoms with E-state index in [2.05, 4.69) is 0 Å². The maximum absolute atomic E-state index is 11.7. The molecule has 0 aromatic heterocycles. The Kier molecular flexibility index (Phi) is 4.98. The maximum Gasteiger partial charge on any atom is 0.0721 e.